The lowest BCUT2D eigenvalue weighted by Gasteiger charge is -2.05. The van der Waals surface area contributed by atoms with E-state index < -0.39 is 0 Å². The van der Waals surface area contributed by atoms with Crippen LogP contribution in [0.5, 0.6) is 0 Å². The molecule has 0 atom stereocenters. The number of H-pyrrole nitrogens is 1. The Hall–Kier alpha value is -3.15. The number of carbonyl (C=O) groups is 1. The second-order valence-electron chi connectivity index (χ2n) is 4.75. The molecule has 0 aliphatic carbocycles. The molecule has 1 aromatic carbocycles. The summed E-state index contributed by atoms with van der Waals surface area (Å²) >= 11 is 0. The number of amides is 1. The second-order valence-corrected chi connectivity index (χ2v) is 4.75. The minimum Gasteiger partial charge on any atom is -0.456 e. The molecule has 0 saturated carbocycles. The first-order chi connectivity index (χ1) is 10.6. The number of furan rings is 1. The smallest absolute Gasteiger partial charge is 0.291 e. The summed E-state index contributed by atoms with van der Waals surface area (Å²) in [5, 5.41) is 9.10. The molecule has 0 radical (unpaired) electrons. The molecule has 6 heteroatoms. The van der Waals surface area contributed by atoms with Crippen molar-refractivity contribution < 1.29 is 9.21 Å². The number of carbonyl (C=O) groups excluding carboxylic acids is 1. The topological polar surface area (TPSA) is 88.0 Å². The predicted octanol–water partition coefficient (Wildman–Crippen LogP) is 2.59. The summed E-state index contributed by atoms with van der Waals surface area (Å²) in [4.78, 5) is 23.1. The molecule has 0 unspecified atom stereocenters. The van der Waals surface area contributed by atoms with Crippen LogP contribution in [0.1, 0.15) is 16.3 Å². The van der Waals surface area contributed by atoms with E-state index in [2.05, 4.69) is 15.5 Å². The monoisotopic (exact) mass is 295 g/mol. The number of aromatic amines is 1. The lowest BCUT2D eigenvalue weighted by molar-refractivity contribution is 0.0995. The molecule has 2 aromatic heterocycles. The summed E-state index contributed by atoms with van der Waals surface area (Å²) < 4.78 is 5.28. The van der Waals surface area contributed by atoms with E-state index in [4.69, 9.17) is 4.42 Å². The van der Waals surface area contributed by atoms with Gasteiger partial charge in [0.15, 0.2) is 5.76 Å². The van der Waals surface area contributed by atoms with E-state index in [0.717, 1.165) is 5.56 Å². The molecule has 2 heterocycles. The van der Waals surface area contributed by atoms with Gasteiger partial charge in [0, 0.05) is 17.3 Å². The number of rotatable bonds is 3. The van der Waals surface area contributed by atoms with Gasteiger partial charge in [0.1, 0.15) is 5.76 Å². The van der Waals surface area contributed by atoms with E-state index in [1.165, 1.54) is 6.07 Å². The number of anilines is 1. The van der Waals surface area contributed by atoms with Gasteiger partial charge < -0.3 is 9.73 Å². The van der Waals surface area contributed by atoms with Gasteiger partial charge >= 0.3 is 0 Å². The highest BCUT2D eigenvalue weighted by Gasteiger charge is 2.10. The van der Waals surface area contributed by atoms with E-state index in [9.17, 15) is 9.59 Å². The third-order valence-corrected chi connectivity index (χ3v) is 3.06. The van der Waals surface area contributed by atoms with Crippen LogP contribution < -0.4 is 10.9 Å². The fourth-order valence-corrected chi connectivity index (χ4v) is 2.01. The molecule has 6 nitrogen and oxygen atoms in total. The maximum atomic E-state index is 12.1. The number of nitrogens with zero attached hydrogens (tertiary/aromatic N) is 1. The molecule has 3 aromatic rings. The van der Waals surface area contributed by atoms with Crippen molar-refractivity contribution in [3.63, 3.8) is 0 Å². The number of aromatic nitrogens is 2. The van der Waals surface area contributed by atoms with Crippen molar-refractivity contribution in [2.45, 2.75) is 6.92 Å². The Morgan fingerprint density at radius 2 is 2.05 bits per heavy atom. The molecule has 1 amide bonds. The van der Waals surface area contributed by atoms with Crippen LogP contribution >= 0.6 is 0 Å². The number of hydrogen-bond donors (Lipinski definition) is 2. The molecule has 2 N–H and O–H groups in total. The summed E-state index contributed by atoms with van der Waals surface area (Å²) in [5.41, 5.74) is 1.75. The Kier molecular flexibility index (Phi) is 3.57. The zero-order valence-electron chi connectivity index (χ0n) is 11.8. The lowest BCUT2D eigenvalue weighted by Crippen LogP contribution is -2.11. The SMILES string of the molecule is Cc1ccc(C(=O)Nc2cccc(-c3ccc(=O)[nH]n3)c2)o1. The Balaban J connectivity index is 1.83. The number of benzene rings is 1. The van der Waals surface area contributed by atoms with E-state index in [-0.39, 0.29) is 17.2 Å². The van der Waals surface area contributed by atoms with Gasteiger partial charge in [-0.2, -0.15) is 5.10 Å². The van der Waals surface area contributed by atoms with Crippen LogP contribution in [0, 0.1) is 6.92 Å². The Bertz CT molecular complexity index is 860. The lowest BCUT2D eigenvalue weighted by atomic mass is 10.1. The van der Waals surface area contributed by atoms with Crippen molar-refractivity contribution in [3.05, 3.63) is 70.4 Å². The second kappa shape index (κ2) is 5.69. The molecule has 3 rings (SSSR count). The Morgan fingerprint density at radius 3 is 2.73 bits per heavy atom. The molecule has 0 spiro atoms. The first kappa shape index (κ1) is 13.8. The Morgan fingerprint density at radius 1 is 1.18 bits per heavy atom. The average molecular weight is 295 g/mol. The van der Waals surface area contributed by atoms with Crippen LogP contribution in [-0.2, 0) is 0 Å². The van der Waals surface area contributed by atoms with Gasteiger partial charge in [-0.1, -0.05) is 12.1 Å². The summed E-state index contributed by atoms with van der Waals surface area (Å²) in [6, 6.07) is 13.6. The van der Waals surface area contributed by atoms with Crippen molar-refractivity contribution >= 4 is 11.6 Å². The third-order valence-electron chi connectivity index (χ3n) is 3.06. The van der Waals surface area contributed by atoms with Crippen LogP contribution in [-0.4, -0.2) is 16.1 Å². The zero-order valence-corrected chi connectivity index (χ0v) is 11.8. The van der Waals surface area contributed by atoms with Crippen LogP contribution in [0.3, 0.4) is 0 Å². The first-order valence-electron chi connectivity index (χ1n) is 6.66. The maximum Gasteiger partial charge on any atom is 0.291 e. The fraction of sp³-hybridized carbons (Fsp3) is 0.0625. The van der Waals surface area contributed by atoms with Crippen LogP contribution in [0.15, 0.2) is 57.7 Å². The van der Waals surface area contributed by atoms with Gasteiger partial charge in [0.05, 0.1) is 5.69 Å². The van der Waals surface area contributed by atoms with E-state index in [1.807, 2.05) is 6.07 Å². The van der Waals surface area contributed by atoms with Crippen LogP contribution in [0.25, 0.3) is 11.3 Å². The van der Waals surface area contributed by atoms with Gasteiger partial charge in [0.2, 0.25) is 0 Å². The highest BCUT2D eigenvalue weighted by Crippen LogP contribution is 2.20. The Labute approximate surface area is 125 Å². The largest absolute Gasteiger partial charge is 0.456 e. The molecular formula is C16H13N3O3. The van der Waals surface area contributed by atoms with Gasteiger partial charge in [0.25, 0.3) is 11.5 Å². The zero-order chi connectivity index (χ0) is 15.5. The normalized spacial score (nSPS) is 10.4. The molecule has 0 aliphatic heterocycles. The average Bonchev–Trinajstić information content (AvgIpc) is 2.95. The highest BCUT2D eigenvalue weighted by atomic mass is 16.3. The molecular weight excluding hydrogens is 282 g/mol. The third kappa shape index (κ3) is 2.95. The van der Waals surface area contributed by atoms with Crippen LogP contribution in [0.4, 0.5) is 5.69 Å². The summed E-state index contributed by atoms with van der Waals surface area (Å²) in [5.74, 6) is 0.612. The summed E-state index contributed by atoms with van der Waals surface area (Å²) in [6.45, 7) is 1.78. The number of hydrogen-bond acceptors (Lipinski definition) is 4. The predicted molar refractivity (Wildman–Crippen MR) is 81.7 cm³/mol. The van der Waals surface area contributed by atoms with Crippen molar-refractivity contribution in [2.75, 3.05) is 5.32 Å². The summed E-state index contributed by atoms with van der Waals surface area (Å²) in [6.07, 6.45) is 0. The molecule has 110 valence electrons. The molecule has 0 bridgehead atoms. The van der Waals surface area contributed by atoms with Gasteiger partial charge in [-0.25, -0.2) is 5.10 Å². The van der Waals surface area contributed by atoms with Crippen molar-refractivity contribution in [2.24, 2.45) is 0 Å². The molecule has 0 aliphatic rings. The number of aryl methyl sites for hydroxylation is 1. The first-order valence-corrected chi connectivity index (χ1v) is 6.66. The van der Waals surface area contributed by atoms with Gasteiger partial charge in [-0.05, 0) is 37.3 Å². The van der Waals surface area contributed by atoms with Crippen LogP contribution in [0.2, 0.25) is 0 Å². The van der Waals surface area contributed by atoms with E-state index in [0.29, 0.717) is 17.1 Å². The highest BCUT2D eigenvalue weighted by molar-refractivity contribution is 6.02. The quantitative estimate of drug-likeness (QED) is 0.777. The molecule has 0 fully saturated rings. The molecule has 0 saturated heterocycles. The maximum absolute atomic E-state index is 12.1. The summed E-state index contributed by atoms with van der Waals surface area (Å²) in [7, 11) is 0. The number of nitrogens with one attached hydrogen (secondary N) is 2. The van der Waals surface area contributed by atoms with Gasteiger partial charge in [-0.15, -0.1) is 0 Å². The molecule has 22 heavy (non-hydrogen) atoms. The standard InChI is InChI=1S/C16H13N3O3/c1-10-5-7-14(22-10)16(21)17-12-4-2-3-11(9-12)13-6-8-15(20)19-18-13/h2-9H,1H3,(H,17,21)(H,19,20). The van der Waals surface area contributed by atoms with E-state index >= 15 is 0 Å². The van der Waals surface area contributed by atoms with Crippen molar-refractivity contribution in [3.8, 4) is 11.3 Å². The van der Waals surface area contributed by atoms with Crippen molar-refractivity contribution in [1.29, 1.82) is 0 Å². The minimum absolute atomic E-state index is 0.255. The van der Waals surface area contributed by atoms with Gasteiger partial charge in [-0.3, -0.25) is 9.59 Å². The van der Waals surface area contributed by atoms with Crippen molar-refractivity contribution in [1.82, 2.24) is 10.2 Å². The van der Waals surface area contributed by atoms with E-state index in [1.54, 1.807) is 43.3 Å². The fourth-order valence-electron chi connectivity index (χ4n) is 2.01. The minimum atomic E-state index is -0.320.